The number of hydrogen-bond acceptors (Lipinski definition) is 3. The third-order valence-electron chi connectivity index (χ3n) is 2.49. The Bertz CT molecular complexity index is 663. The van der Waals surface area contributed by atoms with Gasteiger partial charge in [-0.05, 0) is 48.9 Å². The van der Waals surface area contributed by atoms with Crippen LogP contribution in [0.15, 0.2) is 42.5 Å². The topological polar surface area (TPSA) is 56.8 Å². The fourth-order valence-corrected chi connectivity index (χ4v) is 1.59. The van der Waals surface area contributed by atoms with E-state index in [0.29, 0.717) is 22.6 Å². The number of rotatable bonds is 2. The minimum absolute atomic E-state index is 0.554. The van der Waals surface area contributed by atoms with E-state index >= 15 is 0 Å². The van der Waals surface area contributed by atoms with Gasteiger partial charge in [0, 0.05) is 0 Å². The van der Waals surface area contributed by atoms with Gasteiger partial charge in [0.25, 0.3) is 0 Å². The Morgan fingerprint density at radius 1 is 0.944 bits per heavy atom. The van der Waals surface area contributed by atoms with Crippen molar-refractivity contribution in [1.82, 2.24) is 0 Å². The smallest absolute Gasteiger partial charge is 0.130 e. The zero-order chi connectivity index (χ0) is 13.0. The largest absolute Gasteiger partial charge is 0.457 e. The van der Waals surface area contributed by atoms with Crippen molar-refractivity contribution in [3.05, 3.63) is 59.2 Å². The molecule has 0 fully saturated rings. The van der Waals surface area contributed by atoms with Crippen molar-refractivity contribution in [2.45, 2.75) is 6.92 Å². The van der Waals surface area contributed by atoms with Crippen LogP contribution in [0.3, 0.4) is 0 Å². The van der Waals surface area contributed by atoms with Crippen molar-refractivity contribution in [3.8, 4) is 23.6 Å². The lowest BCUT2D eigenvalue weighted by atomic mass is 10.1. The van der Waals surface area contributed by atoms with Crippen molar-refractivity contribution < 1.29 is 4.74 Å². The Hall–Kier alpha value is -2.78. The molecule has 0 bridgehead atoms. The van der Waals surface area contributed by atoms with Gasteiger partial charge in [-0.2, -0.15) is 10.5 Å². The minimum atomic E-state index is 0.554. The van der Waals surface area contributed by atoms with Gasteiger partial charge in [0.2, 0.25) is 0 Å². The maximum absolute atomic E-state index is 8.81. The molecular weight excluding hydrogens is 224 g/mol. The predicted octanol–water partition coefficient (Wildman–Crippen LogP) is 3.53. The molecule has 0 atom stereocenters. The number of nitrogens with zero attached hydrogens (tertiary/aromatic N) is 2. The van der Waals surface area contributed by atoms with Crippen LogP contribution in [0.25, 0.3) is 0 Å². The van der Waals surface area contributed by atoms with Crippen LogP contribution in [-0.2, 0) is 0 Å². The van der Waals surface area contributed by atoms with Crippen LogP contribution >= 0.6 is 0 Å². The maximum Gasteiger partial charge on any atom is 0.130 e. The Balaban J connectivity index is 2.29. The lowest BCUT2D eigenvalue weighted by Crippen LogP contribution is -1.89. The first kappa shape index (κ1) is 11.7. The summed E-state index contributed by atoms with van der Waals surface area (Å²) in [5.41, 5.74) is 2.04. The van der Waals surface area contributed by atoms with Gasteiger partial charge in [0.1, 0.15) is 11.5 Å². The highest BCUT2D eigenvalue weighted by Crippen LogP contribution is 2.26. The predicted molar refractivity (Wildman–Crippen MR) is 67.1 cm³/mol. The highest BCUT2D eigenvalue weighted by molar-refractivity contribution is 5.44. The van der Waals surface area contributed by atoms with Gasteiger partial charge in [-0.1, -0.05) is 6.07 Å². The van der Waals surface area contributed by atoms with Crippen LogP contribution in [0.2, 0.25) is 0 Å². The summed E-state index contributed by atoms with van der Waals surface area (Å²) in [4.78, 5) is 0. The van der Waals surface area contributed by atoms with Crippen LogP contribution in [-0.4, -0.2) is 0 Å². The summed E-state index contributed by atoms with van der Waals surface area (Å²) in [5, 5.41) is 17.6. The molecule has 2 rings (SSSR count). The molecule has 0 N–H and O–H groups in total. The van der Waals surface area contributed by atoms with Gasteiger partial charge in [-0.3, -0.25) is 0 Å². The van der Waals surface area contributed by atoms with E-state index in [9.17, 15) is 0 Å². The van der Waals surface area contributed by atoms with Crippen LogP contribution in [0.5, 0.6) is 11.5 Å². The van der Waals surface area contributed by atoms with E-state index in [1.165, 1.54) is 0 Å². The summed E-state index contributed by atoms with van der Waals surface area (Å²) < 4.78 is 5.69. The molecule has 2 aromatic carbocycles. The second kappa shape index (κ2) is 5.03. The summed E-state index contributed by atoms with van der Waals surface area (Å²) >= 11 is 0. The Labute approximate surface area is 105 Å². The zero-order valence-electron chi connectivity index (χ0n) is 9.84. The quantitative estimate of drug-likeness (QED) is 0.798. The van der Waals surface area contributed by atoms with Crippen LogP contribution in [0.1, 0.15) is 16.7 Å². The minimum Gasteiger partial charge on any atom is -0.457 e. The Morgan fingerprint density at radius 3 is 2.33 bits per heavy atom. The molecule has 0 spiro atoms. The molecule has 86 valence electrons. The molecule has 0 aliphatic heterocycles. The van der Waals surface area contributed by atoms with Gasteiger partial charge in [-0.25, -0.2) is 0 Å². The third kappa shape index (κ3) is 2.48. The first-order valence-electron chi connectivity index (χ1n) is 5.41. The summed E-state index contributed by atoms with van der Waals surface area (Å²) in [5.74, 6) is 1.30. The van der Waals surface area contributed by atoms with E-state index in [1.54, 1.807) is 42.5 Å². The number of benzene rings is 2. The molecular formula is C15H10N2O. The lowest BCUT2D eigenvalue weighted by molar-refractivity contribution is 0.478. The normalized spacial score (nSPS) is 9.28. The van der Waals surface area contributed by atoms with Gasteiger partial charge in [0.15, 0.2) is 0 Å². The monoisotopic (exact) mass is 234 g/mol. The lowest BCUT2D eigenvalue weighted by Gasteiger charge is -2.08. The average molecular weight is 234 g/mol. The number of hydrogen-bond donors (Lipinski definition) is 0. The van der Waals surface area contributed by atoms with Crippen molar-refractivity contribution in [3.63, 3.8) is 0 Å². The Morgan fingerprint density at radius 2 is 1.67 bits per heavy atom. The molecule has 0 radical (unpaired) electrons. The molecule has 3 heteroatoms. The molecule has 0 heterocycles. The van der Waals surface area contributed by atoms with Gasteiger partial charge < -0.3 is 4.74 Å². The summed E-state index contributed by atoms with van der Waals surface area (Å²) in [6.45, 7) is 1.88. The summed E-state index contributed by atoms with van der Waals surface area (Å²) in [6.07, 6.45) is 0. The zero-order valence-corrected chi connectivity index (χ0v) is 9.84. The highest BCUT2D eigenvalue weighted by Gasteiger charge is 2.03. The molecule has 0 aliphatic rings. The molecule has 18 heavy (non-hydrogen) atoms. The molecule has 0 amide bonds. The van der Waals surface area contributed by atoms with Crippen molar-refractivity contribution in [2.75, 3.05) is 0 Å². The van der Waals surface area contributed by atoms with E-state index in [-0.39, 0.29) is 0 Å². The molecule has 0 unspecified atom stereocenters. The molecule has 3 nitrogen and oxygen atoms in total. The van der Waals surface area contributed by atoms with E-state index in [1.807, 2.05) is 6.92 Å². The maximum atomic E-state index is 8.81. The van der Waals surface area contributed by atoms with E-state index < -0.39 is 0 Å². The number of ether oxygens (including phenoxy) is 1. The number of nitriles is 2. The molecule has 0 saturated heterocycles. The fourth-order valence-electron chi connectivity index (χ4n) is 1.59. The molecule has 0 aromatic heterocycles. The van der Waals surface area contributed by atoms with Crippen molar-refractivity contribution in [1.29, 1.82) is 10.5 Å². The van der Waals surface area contributed by atoms with Crippen LogP contribution in [0.4, 0.5) is 0 Å². The van der Waals surface area contributed by atoms with Crippen molar-refractivity contribution >= 4 is 0 Å². The highest BCUT2D eigenvalue weighted by atomic mass is 16.5. The first-order valence-corrected chi connectivity index (χ1v) is 5.41. The molecule has 2 aromatic rings. The third-order valence-corrected chi connectivity index (χ3v) is 2.49. The standard InChI is InChI=1S/C15H10N2O/c1-11-7-13(10-17)5-6-15(11)18-14-4-2-3-12(8-14)9-16/h2-8H,1H3. The molecule has 0 aliphatic carbocycles. The second-order valence-corrected chi connectivity index (χ2v) is 3.83. The van der Waals surface area contributed by atoms with Crippen LogP contribution < -0.4 is 4.74 Å². The van der Waals surface area contributed by atoms with Crippen LogP contribution in [0, 0.1) is 29.6 Å². The Kier molecular flexibility index (Phi) is 3.27. The summed E-state index contributed by atoms with van der Waals surface area (Å²) in [6, 6.07) is 16.3. The van der Waals surface area contributed by atoms with E-state index in [4.69, 9.17) is 15.3 Å². The van der Waals surface area contributed by atoms with Gasteiger partial charge in [-0.15, -0.1) is 0 Å². The SMILES string of the molecule is Cc1cc(C#N)ccc1Oc1cccc(C#N)c1. The van der Waals surface area contributed by atoms with E-state index in [2.05, 4.69) is 12.1 Å². The number of aryl methyl sites for hydroxylation is 1. The summed E-state index contributed by atoms with van der Waals surface area (Å²) in [7, 11) is 0. The fraction of sp³-hybridized carbons (Fsp3) is 0.0667. The second-order valence-electron chi connectivity index (χ2n) is 3.83. The van der Waals surface area contributed by atoms with Crippen molar-refractivity contribution in [2.24, 2.45) is 0 Å². The molecule has 0 saturated carbocycles. The van der Waals surface area contributed by atoms with E-state index in [0.717, 1.165) is 5.56 Å². The average Bonchev–Trinajstić information content (AvgIpc) is 2.41. The first-order chi connectivity index (χ1) is 8.72. The van der Waals surface area contributed by atoms with Gasteiger partial charge in [0.05, 0.1) is 23.3 Å². The van der Waals surface area contributed by atoms with Gasteiger partial charge >= 0.3 is 0 Å².